The second-order valence-electron chi connectivity index (χ2n) is 7.12. The molecule has 30 heavy (non-hydrogen) atoms. The number of thiazole rings is 1. The molecule has 0 saturated carbocycles. The quantitative estimate of drug-likeness (QED) is 0.636. The zero-order chi connectivity index (χ0) is 20.9. The normalized spacial score (nSPS) is 14.0. The number of thiophene rings is 1. The lowest BCUT2D eigenvalue weighted by atomic mass is 10.2. The number of rotatable bonds is 6. The molecule has 0 aliphatic carbocycles. The lowest BCUT2D eigenvalue weighted by Gasteiger charge is -2.36. The van der Waals surface area contributed by atoms with Crippen LogP contribution in [0.5, 0.6) is 0 Å². The molecule has 1 fully saturated rings. The first-order chi connectivity index (χ1) is 14.6. The van der Waals surface area contributed by atoms with E-state index >= 15 is 0 Å². The highest BCUT2D eigenvalue weighted by atomic mass is 32.1. The number of nitrogens with one attached hydrogen (secondary N) is 1. The molecule has 0 bridgehead atoms. The Hall–Kier alpha value is -2.71. The SMILES string of the molecule is Cc1nc(-c2cccs2)sc1C(=O)NCCC(=O)N1CCN(c2ccccc2)CC1. The number of piperazine rings is 1. The number of carbonyl (C=O) groups excluding carboxylic acids is 2. The third-order valence-electron chi connectivity index (χ3n) is 5.11. The van der Waals surface area contributed by atoms with Crippen molar-refractivity contribution in [3.8, 4) is 9.88 Å². The van der Waals surface area contributed by atoms with Gasteiger partial charge in [0.2, 0.25) is 5.91 Å². The maximum atomic E-state index is 12.5. The summed E-state index contributed by atoms with van der Waals surface area (Å²) in [7, 11) is 0. The summed E-state index contributed by atoms with van der Waals surface area (Å²) >= 11 is 3.01. The van der Waals surface area contributed by atoms with E-state index in [1.54, 1.807) is 11.3 Å². The van der Waals surface area contributed by atoms with Gasteiger partial charge in [0.1, 0.15) is 9.88 Å². The molecule has 1 saturated heterocycles. The lowest BCUT2D eigenvalue weighted by molar-refractivity contribution is -0.131. The average molecular weight is 441 g/mol. The second kappa shape index (κ2) is 9.40. The zero-order valence-electron chi connectivity index (χ0n) is 16.8. The number of aryl methyl sites for hydroxylation is 1. The van der Waals surface area contributed by atoms with Gasteiger partial charge in [-0.25, -0.2) is 4.98 Å². The summed E-state index contributed by atoms with van der Waals surface area (Å²) in [6, 6.07) is 14.2. The standard InChI is InChI=1S/C22H24N4O2S2/c1-16-20(30-22(24-16)18-8-5-15-29-18)21(28)23-10-9-19(27)26-13-11-25(12-14-26)17-6-3-2-4-7-17/h2-8,15H,9-14H2,1H3,(H,23,28). The number of anilines is 1. The summed E-state index contributed by atoms with van der Waals surface area (Å²) in [6.07, 6.45) is 0.312. The van der Waals surface area contributed by atoms with E-state index in [1.807, 2.05) is 47.5 Å². The Bertz CT molecular complexity index is 994. The first kappa shape index (κ1) is 20.6. The van der Waals surface area contributed by atoms with Crippen molar-refractivity contribution in [2.75, 3.05) is 37.6 Å². The van der Waals surface area contributed by atoms with Crippen molar-refractivity contribution < 1.29 is 9.59 Å². The Morgan fingerprint density at radius 3 is 2.53 bits per heavy atom. The molecular weight excluding hydrogens is 416 g/mol. The monoisotopic (exact) mass is 440 g/mol. The van der Waals surface area contributed by atoms with Crippen LogP contribution in [0.15, 0.2) is 47.8 Å². The van der Waals surface area contributed by atoms with E-state index in [-0.39, 0.29) is 11.8 Å². The van der Waals surface area contributed by atoms with Gasteiger partial charge in [-0.2, -0.15) is 0 Å². The van der Waals surface area contributed by atoms with E-state index in [0.29, 0.717) is 30.9 Å². The van der Waals surface area contributed by atoms with E-state index < -0.39 is 0 Å². The molecule has 0 radical (unpaired) electrons. The molecule has 3 aromatic rings. The Morgan fingerprint density at radius 2 is 1.83 bits per heavy atom. The lowest BCUT2D eigenvalue weighted by Crippen LogP contribution is -2.49. The fourth-order valence-electron chi connectivity index (χ4n) is 3.49. The molecule has 156 valence electrons. The minimum atomic E-state index is -0.158. The van der Waals surface area contributed by atoms with Crippen LogP contribution in [0, 0.1) is 6.92 Å². The van der Waals surface area contributed by atoms with Gasteiger partial charge in [-0.05, 0) is 30.5 Å². The molecule has 2 aromatic heterocycles. The van der Waals surface area contributed by atoms with Crippen molar-refractivity contribution in [3.63, 3.8) is 0 Å². The molecule has 0 spiro atoms. The van der Waals surface area contributed by atoms with Crippen molar-refractivity contribution >= 4 is 40.2 Å². The van der Waals surface area contributed by atoms with Crippen LogP contribution < -0.4 is 10.2 Å². The highest BCUT2D eigenvalue weighted by Crippen LogP contribution is 2.30. The van der Waals surface area contributed by atoms with Crippen LogP contribution in [-0.2, 0) is 4.79 Å². The predicted octanol–water partition coefficient (Wildman–Crippen LogP) is 3.65. The summed E-state index contributed by atoms with van der Waals surface area (Å²) in [5, 5.41) is 5.74. The number of hydrogen-bond donors (Lipinski definition) is 1. The van der Waals surface area contributed by atoms with Crippen LogP contribution in [0.1, 0.15) is 21.8 Å². The van der Waals surface area contributed by atoms with Crippen molar-refractivity contribution in [1.82, 2.24) is 15.2 Å². The number of para-hydroxylation sites is 1. The molecule has 2 amide bonds. The second-order valence-corrected chi connectivity index (χ2v) is 9.07. The van der Waals surface area contributed by atoms with E-state index in [1.165, 1.54) is 17.0 Å². The number of benzene rings is 1. The van der Waals surface area contributed by atoms with Crippen LogP contribution in [0.4, 0.5) is 5.69 Å². The fraction of sp³-hybridized carbons (Fsp3) is 0.318. The van der Waals surface area contributed by atoms with E-state index in [4.69, 9.17) is 0 Å². The molecule has 1 aliphatic heterocycles. The molecular formula is C22H24N4O2S2. The van der Waals surface area contributed by atoms with E-state index in [2.05, 4.69) is 27.3 Å². The third kappa shape index (κ3) is 4.71. The first-order valence-corrected chi connectivity index (χ1v) is 11.7. The van der Waals surface area contributed by atoms with Crippen molar-refractivity contribution in [1.29, 1.82) is 0 Å². The Morgan fingerprint density at radius 1 is 1.07 bits per heavy atom. The van der Waals surface area contributed by atoms with Gasteiger partial charge >= 0.3 is 0 Å². The number of nitrogens with zero attached hydrogens (tertiary/aromatic N) is 3. The van der Waals surface area contributed by atoms with Crippen LogP contribution in [0.2, 0.25) is 0 Å². The van der Waals surface area contributed by atoms with Crippen LogP contribution >= 0.6 is 22.7 Å². The van der Waals surface area contributed by atoms with E-state index in [9.17, 15) is 9.59 Å². The van der Waals surface area contributed by atoms with Gasteiger partial charge in [0.25, 0.3) is 5.91 Å². The first-order valence-electron chi connectivity index (χ1n) is 9.99. The summed E-state index contributed by atoms with van der Waals surface area (Å²) in [5.74, 6) is -0.0715. The maximum absolute atomic E-state index is 12.5. The minimum absolute atomic E-state index is 0.0864. The zero-order valence-corrected chi connectivity index (χ0v) is 18.5. The van der Waals surface area contributed by atoms with Gasteiger partial charge in [0, 0.05) is 44.8 Å². The van der Waals surface area contributed by atoms with Crippen LogP contribution in [0.3, 0.4) is 0 Å². The molecule has 6 nitrogen and oxygen atoms in total. The van der Waals surface area contributed by atoms with Gasteiger partial charge in [-0.15, -0.1) is 22.7 Å². The number of aromatic nitrogens is 1. The van der Waals surface area contributed by atoms with Gasteiger partial charge < -0.3 is 15.1 Å². The third-order valence-corrected chi connectivity index (χ3v) is 7.31. The minimum Gasteiger partial charge on any atom is -0.368 e. The van der Waals surface area contributed by atoms with Gasteiger partial charge in [-0.3, -0.25) is 9.59 Å². The van der Waals surface area contributed by atoms with Gasteiger partial charge in [0.15, 0.2) is 0 Å². The Balaban J connectivity index is 1.24. The molecule has 8 heteroatoms. The predicted molar refractivity (Wildman–Crippen MR) is 122 cm³/mol. The highest BCUT2D eigenvalue weighted by Gasteiger charge is 2.22. The molecule has 1 aromatic carbocycles. The highest BCUT2D eigenvalue weighted by molar-refractivity contribution is 7.22. The molecule has 0 unspecified atom stereocenters. The average Bonchev–Trinajstić information content (AvgIpc) is 3.44. The fourth-order valence-corrected chi connectivity index (χ4v) is 5.27. The summed E-state index contributed by atoms with van der Waals surface area (Å²) in [5.41, 5.74) is 1.92. The summed E-state index contributed by atoms with van der Waals surface area (Å²) < 4.78 is 0. The summed E-state index contributed by atoms with van der Waals surface area (Å²) in [4.78, 5) is 35.4. The summed E-state index contributed by atoms with van der Waals surface area (Å²) in [6.45, 7) is 5.25. The van der Waals surface area contributed by atoms with Crippen molar-refractivity contribution in [3.05, 3.63) is 58.4 Å². The largest absolute Gasteiger partial charge is 0.368 e. The number of carbonyl (C=O) groups is 2. The number of hydrogen-bond acceptors (Lipinski definition) is 6. The molecule has 1 N–H and O–H groups in total. The smallest absolute Gasteiger partial charge is 0.263 e. The van der Waals surface area contributed by atoms with Gasteiger partial charge in [0.05, 0.1) is 10.6 Å². The van der Waals surface area contributed by atoms with Crippen molar-refractivity contribution in [2.45, 2.75) is 13.3 Å². The van der Waals surface area contributed by atoms with Crippen LogP contribution in [-0.4, -0.2) is 54.4 Å². The molecule has 1 aliphatic rings. The number of amides is 2. The van der Waals surface area contributed by atoms with Crippen molar-refractivity contribution in [2.24, 2.45) is 0 Å². The molecule has 4 rings (SSSR count). The van der Waals surface area contributed by atoms with Gasteiger partial charge in [-0.1, -0.05) is 24.3 Å². The van der Waals surface area contributed by atoms with E-state index in [0.717, 1.165) is 28.7 Å². The molecule has 0 atom stereocenters. The Kier molecular flexibility index (Phi) is 6.44. The van der Waals surface area contributed by atoms with Crippen LogP contribution in [0.25, 0.3) is 9.88 Å². The molecule has 3 heterocycles. The maximum Gasteiger partial charge on any atom is 0.263 e. The Labute approximate surface area is 184 Å². The topological polar surface area (TPSA) is 65.5 Å².